The van der Waals surface area contributed by atoms with Crippen LogP contribution in [0.1, 0.15) is 23.0 Å². The first-order valence-corrected chi connectivity index (χ1v) is 4.91. The zero-order valence-corrected chi connectivity index (χ0v) is 9.55. The molecule has 0 aromatic carbocycles. The molecule has 0 radical (unpaired) electrons. The summed E-state index contributed by atoms with van der Waals surface area (Å²) >= 11 is 0. The Bertz CT molecular complexity index is 507. The molecule has 0 aliphatic rings. The third-order valence-corrected chi connectivity index (χ3v) is 1.84. The number of halogens is 3. The summed E-state index contributed by atoms with van der Waals surface area (Å²) in [5.41, 5.74) is -1.48. The van der Waals surface area contributed by atoms with Gasteiger partial charge in [-0.1, -0.05) is 0 Å². The lowest BCUT2D eigenvalue weighted by molar-refractivity contribution is -0.275. The number of pyridine rings is 1. The predicted octanol–water partition coefficient (Wildman–Crippen LogP) is 1.76. The summed E-state index contributed by atoms with van der Waals surface area (Å²) in [7, 11) is 0. The summed E-state index contributed by atoms with van der Waals surface area (Å²) in [5, 5.41) is 0. The number of alkyl halides is 3. The predicted molar refractivity (Wildman–Crippen MR) is 54.4 cm³/mol. The fraction of sp³-hybridized carbons (Fsp3) is 0.400. The van der Waals surface area contributed by atoms with E-state index in [1.807, 2.05) is 0 Å². The van der Waals surface area contributed by atoms with Crippen molar-refractivity contribution in [1.29, 1.82) is 0 Å². The van der Waals surface area contributed by atoms with Crippen molar-refractivity contribution in [2.45, 2.75) is 20.2 Å². The zero-order chi connectivity index (χ0) is 13.9. The van der Waals surface area contributed by atoms with Gasteiger partial charge in [0.25, 0.3) is 5.56 Å². The summed E-state index contributed by atoms with van der Waals surface area (Å²) in [6.07, 6.45) is -5.07. The van der Waals surface area contributed by atoms with Crippen LogP contribution in [0.5, 0.6) is 5.75 Å². The molecule has 0 spiro atoms. The molecule has 5 nitrogen and oxygen atoms in total. The Labute approximate surface area is 99.5 Å². The van der Waals surface area contributed by atoms with E-state index in [2.05, 4.69) is 14.5 Å². The Morgan fingerprint density at radius 2 is 2.06 bits per heavy atom. The van der Waals surface area contributed by atoms with Crippen LogP contribution in [0.2, 0.25) is 0 Å². The maximum Gasteiger partial charge on any atom is 0.573 e. The van der Waals surface area contributed by atoms with Gasteiger partial charge in [-0.3, -0.25) is 4.79 Å². The summed E-state index contributed by atoms with van der Waals surface area (Å²) in [6, 6.07) is 1.06. The van der Waals surface area contributed by atoms with Crippen LogP contribution in [0.3, 0.4) is 0 Å². The van der Waals surface area contributed by atoms with E-state index in [1.165, 1.54) is 13.8 Å². The quantitative estimate of drug-likeness (QED) is 0.845. The molecule has 1 aromatic heterocycles. The van der Waals surface area contributed by atoms with Gasteiger partial charge in [0.15, 0.2) is 0 Å². The maximum absolute atomic E-state index is 12.1. The Hall–Kier alpha value is -1.99. The number of H-pyrrole nitrogens is 1. The Morgan fingerprint density at radius 3 is 2.56 bits per heavy atom. The van der Waals surface area contributed by atoms with Crippen molar-refractivity contribution < 1.29 is 27.4 Å². The normalized spacial score (nSPS) is 11.2. The van der Waals surface area contributed by atoms with Gasteiger partial charge >= 0.3 is 12.3 Å². The topological polar surface area (TPSA) is 68.4 Å². The molecule has 1 aromatic rings. The summed E-state index contributed by atoms with van der Waals surface area (Å²) < 4.78 is 44.5. The average molecular weight is 265 g/mol. The highest BCUT2D eigenvalue weighted by Crippen LogP contribution is 2.23. The second-order valence-electron chi connectivity index (χ2n) is 3.29. The van der Waals surface area contributed by atoms with E-state index in [-0.39, 0.29) is 12.3 Å². The third-order valence-electron chi connectivity index (χ3n) is 1.84. The van der Waals surface area contributed by atoms with Crippen molar-refractivity contribution in [3.63, 3.8) is 0 Å². The zero-order valence-electron chi connectivity index (χ0n) is 9.55. The van der Waals surface area contributed by atoms with Crippen LogP contribution in [0, 0.1) is 6.92 Å². The molecule has 0 bridgehead atoms. The third kappa shape index (κ3) is 3.51. The molecular weight excluding hydrogens is 255 g/mol. The number of aryl methyl sites for hydroxylation is 1. The molecule has 1 heterocycles. The van der Waals surface area contributed by atoms with E-state index in [0.29, 0.717) is 0 Å². The number of aromatic amines is 1. The number of hydrogen-bond donors (Lipinski definition) is 1. The molecule has 0 aliphatic carbocycles. The van der Waals surface area contributed by atoms with Crippen LogP contribution in [0.4, 0.5) is 13.2 Å². The van der Waals surface area contributed by atoms with Gasteiger partial charge in [-0.2, -0.15) is 0 Å². The molecule has 8 heteroatoms. The molecule has 0 amide bonds. The number of ether oxygens (including phenoxy) is 2. The van der Waals surface area contributed by atoms with Gasteiger partial charge in [0, 0.05) is 5.69 Å². The SMILES string of the molecule is CCOC(=O)c1cc(C)[nH]c(=O)c1OC(F)(F)F. The lowest BCUT2D eigenvalue weighted by Gasteiger charge is -2.12. The van der Waals surface area contributed by atoms with E-state index in [0.717, 1.165) is 6.07 Å². The number of nitrogens with one attached hydrogen (secondary N) is 1. The summed E-state index contributed by atoms with van der Waals surface area (Å²) in [4.78, 5) is 24.9. The van der Waals surface area contributed by atoms with Gasteiger partial charge in [-0.05, 0) is 19.9 Å². The van der Waals surface area contributed by atoms with Crippen LogP contribution in [0.15, 0.2) is 10.9 Å². The Balaban J connectivity index is 3.30. The van der Waals surface area contributed by atoms with E-state index in [9.17, 15) is 22.8 Å². The number of hydrogen-bond acceptors (Lipinski definition) is 4. The fourth-order valence-corrected chi connectivity index (χ4v) is 1.25. The van der Waals surface area contributed by atoms with E-state index in [4.69, 9.17) is 0 Å². The van der Waals surface area contributed by atoms with Crippen molar-refractivity contribution in [3.05, 3.63) is 27.7 Å². The fourth-order valence-electron chi connectivity index (χ4n) is 1.25. The first-order chi connectivity index (χ1) is 8.24. The van der Waals surface area contributed by atoms with Crippen molar-refractivity contribution in [3.8, 4) is 5.75 Å². The molecule has 18 heavy (non-hydrogen) atoms. The molecule has 0 aliphatic heterocycles. The van der Waals surface area contributed by atoms with E-state index in [1.54, 1.807) is 0 Å². The second kappa shape index (κ2) is 5.11. The molecule has 0 unspecified atom stereocenters. The first-order valence-electron chi connectivity index (χ1n) is 4.91. The maximum atomic E-state index is 12.1. The standard InChI is InChI=1S/C10H10F3NO4/c1-3-17-9(16)6-4-5(2)14-8(15)7(6)18-10(11,12)13/h4H,3H2,1-2H3,(H,14,15). The minimum absolute atomic E-state index is 0.0316. The number of aromatic nitrogens is 1. The minimum Gasteiger partial charge on any atom is -0.462 e. The first kappa shape index (κ1) is 14.1. The van der Waals surface area contributed by atoms with Gasteiger partial charge in [0.05, 0.1) is 6.61 Å². The Kier molecular flexibility index (Phi) is 4.00. The van der Waals surface area contributed by atoms with Gasteiger partial charge in [0.1, 0.15) is 5.56 Å². The highest BCUT2D eigenvalue weighted by atomic mass is 19.4. The summed E-state index contributed by atoms with van der Waals surface area (Å²) in [5.74, 6) is -2.17. The molecule has 0 saturated heterocycles. The summed E-state index contributed by atoms with van der Waals surface area (Å²) in [6.45, 7) is 2.87. The highest BCUT2D eigenvalue weighted by molar-refractivity contribution is 5.92. The van der Waals surface area contributed by atoms with Crippen LogP contribution in [0.25, 0.3) is 0 Å². The molecule has 100 valence electrons. The van der Waals surface area contributed by atoms with E-state index >= 15 is 0 Å². The van der Waals surface area contributed by atoms with Gasteiger partial charge in [0.2, 0.25) is 5.75 Å². The monoisotopic (exact) mass is 265 g/mol. The molecular formula is C10H10F3NO4. The van der Waals surface area contributed by atoms with Gasteiger partial charge < -0.3 is 14.5 Å². The van der Waals surface area contributed by atoms with Crippen molar-refractivity contribution in [1.82, 2.24) is 4.98 Å². The molecule has 1 rings (SSSR count). The van der Waals surface area contributed by atoms with Crippen LogP contribution >= 0.6 is 0 Å². The highest BCUT2D eigenvalue weighted by Gasteiger charge is 2.35. The number of carbonyl (C=O) groups excluding carboxylic acids is 1. The van der Waals surface area contributed by atoms with Crippen molar-refractivity contribution >= 4 is 5.97 Å². The van der Waals surface area contributed by atoms with E-state index < -0.39 is 29.2 Å². The molecule has 0 atom stereocenters. The molecule has 0 fully saturated rings. The van der Waals surface area contributed by atoms with Crippen molar-refractivity contribution in [2.75, 3.05) is 6.61 Å². The average Bonchev–Trinajstić information content (AvgIpc) is 2.20. The lowest BCUT2D eigenvalue weighted by Crippen LogP contribution is -2.26. The molecule has 0 saturated carbocycles. The van der Waals surface area contributed by atoms with Gasteiger partial charge in [-0.25, -0.2) is 4.79 Å². The van der Waals surface area contributed by atoms with Crippen LogP contribution in [-0.4, -0.2) is 23.9 Å². The lowest BCUT2D eigenvalue weighted by atomic mass is 10.2. The number of carbonyl (C=O) groups is 1. The molecule has 1 N–H and O–H groups in total. The minimum atomic E-state index is -5.07. The largest absolute Gasteiger partial charge is 0.573 e. The van der Waals surface area contributed by atoms with Gasteiger partial charge in [-0.15, -0.1) is 13.2 Å². The van der Waals surface area contributed by atoms with Crippen LogP contribution < -0.4 is 10.3 Å². The second-order valence-corrected chi connectivity index (χ2v) is 3.29. The van der Waals surface area contributed by atoms with Crippen LogP contribution in [-0.2, 0) is 4.74 Å². The smallest absolute Gasteiger partial charge is 0.462 e. The Morgan fingerprint density at radius 1 is 1.44 bits per heavy atom. The number of rotatable bonds is 3. The number of esters is 1. The van der Waals surface area contributed by atoms with Crippen molar-refractivity contribution in [2.24, 2.45) is 0 Å².